The number of methoxy groups -OCH3 is 1. The van der Waals surface area contributed by atoms with E-state index in [2.05, 4.69) is 0 Å². The van der Waals surface area contributed by atoms with E-state index in [9.17, 15) is 9.59 Å². The maximum atomic E-state index is 13.0. The summed E-state index contributed by atoms with van der Waals surface area (Å²) < 4.78 is 4.83. The molecule has 0 bridgehead atoms. The fourth-order valence-corrected chi connectivity index (χ4v) is 3.31. The molecule has 1 heterocycles. The molecule has 0 amide bonds. The van der Waals surface area contributed by atoms with Crippen molar-refractivity contribution in [2.24, 2.45) is 0 Å². The first-order chi connectivity index (χ1) is 12.8. The molecule has 0 saturated heterocycles. The Bertz CT molecular complexity index is 1000. The molecule has 0 aliphatic carbocycles. The SMILES string of the molecule is COC(=O)C1=C(C)N(c2ccc(C)c(C)c2)C(=Cc2cccc(Cl)c2)C1=O. The lowest BCUT2D eigenvalue weighted by Crippen LogP contribution is -2.18. The van der Waals surface area contributed by atoms with Gasteiger partial charge in [0.05, 0.1) is 12.8 Å². The molecule has 27 heavy (non-hydrogen) atoms. The number of ketones is 1. The van der Waals surface area contributed by atoms with Crippen molar-refractivity contribution in [1.29, 1.82) is 0 Å². The second kappa shape index (κ2) is 7.41. The van der Waals surface area contributed by atoms with Gasteiger partial charge in [-0.25, -0.2) is 4.79 Å². The van der Waals surface area contributed by atoms with Gasteiger partial charge in [0.25, 0.3) is 0 Å². The maximum absolute atomic E-state index is 13.0. The van der Waals surface area contributed by atoms with Crippen LogP contribution in [0, 0.1) is 13.8 Å². The average molecular weight is 382 g/mol. The van der Waals surface area contributed by atoms with Gasteiger partial charge in [0.2, 0.25) is 5.78 Å². The summed E-state index contributed by atoms with van der Waals surface area (Å²) in [5, 5.41) is 0.574. The predicted octanol–water partition coefficient (Wildman–Crippen LogP) is 4.83. The quantitative estimate of drug-likeness (QED) is 0.434. The Kier molecular flexibility index (Phi) is 5.19. The zero-order chi connectivity index (χ0) is 19.7. The van der Waals surface area contributed by atoms with Crippen molar-refractivity contribution < 1.29 is 14.3 Å². The van der Waals surface area contributed by atoms with Crippen LogP contribution in [-0.2, 0) is 14.3 Å². The molecular formula is C22H20ClNO3. The first kappa shape index (κ1) is 18.9. The van der Waals surface area contributed by atoms with E-state index in [1.54, 1.807) is 30.0 Å². The monoisotopic (exact) mass is 381 g/mol. The number of rotatable bonds is 3. The van der Waals surface area contributed by atoms with Crippen LogP contribution in [0.1, 0.15) is 23.6 Å². The predicted molar refractivity (Wildman–Crippen MR) is 108 cm³/mol. The molecule has 0 radical (unpaired) electrons. The Morgan fingerprint density at radius 3 is 2.44 bits per heavy atom. The summed E-state index contributed by atoms with van der Waals surface area (Å²) in [5.74, 6) is -1.00. The Labute approximate surface area is 163 Å². The maximum Gasteiger partial charge on any atom is 0.343 e. The van der Waals surface area contributed by atoms with Crippen LogP contribution in [-0.4, -0.2) is 18.9 Å². The largest absolute Gasteiger partial charge is 0.465 e. The second-order valence-corrected chi connectivity index (χ2v) is 6.91. The Balaban J connectivity index is 2.19. The minimum absolute atomic E-state index is 0.0454. The minimum atomic E-state index is -0.638. The van der Waals surface area contributed by atoms with Crippen LogP contribution < -0.4 is 4.90 Å². The molecule has 1 aliphatic rings. The minimum Gasteiger partial charge on any atom is -0.465 e. The molecule has 0 aromatic heterocycles. The number of carbonyl (C=O) groups excluding carboxylic acids is 2. The van der Waals surface area contributed by atoms with Gasteiger partial charge in [0.1, 0.15) is 5.57 Å². The number of nitrogens with zero attached hydrogens (tertiary/aromatic N) is 1. The summed E-state index contributed by atoms with van der Waals surface area (Å²) in [6.07, 6.45) is 1.74. The Hall–Kier alpha value is -2.85. The molecule has 2 aromatic carbocycles. The van der Waals surface area contributed by atoms with Gasteiger partial charge in [-0.2, -0.15) is 0 Å². The highest BCUT2D eigenvalue weighted by Gasteiger charge is 2.38. The lowest BCUT2D eigenvalue weighted by molar-refractivity contribution is -0.137. The van der Waals surface area contributed by atoms with Crippen molar-refractivity contribution in [3.63, 3.8) is 0 Å². The molecule has 0 saturated carbocycles. The zero-order valence-corrected chi connectivity index (χ0v) is 16.4. The summed E-state index contributed by atoms with van der Waals surface area (Å²) in [6.45, 7) is 5.79. The number of ether oxygens (including phenoxy) is 1. The fraction of sp³-hybridized carbons (Fsp3) is 0.182. The number of aryl methyl sites for hydroxylation is 2. The number of allylic oxidation sites excluding steroid dienone is 2. The van der Waals surface area contributed by atoms with Gasteiger partial charge in [-0.15, -0.1) is 0 Å². The molecule has 5 heteroatoms. The fourth-order valence-electron chi connectivity index (χ4n) is 3.11. The van der Waals surface area contributed by atoms with Crippen LogP contribution in [0.3, 0.4) is 0 Å². The lowest BCUT2D eigenvalue weighted by Gasteiger charge is -2.22. The zero-order valence-electron chi connectivity index (χ0n) is 15.7. The number of hydrogen-bond donors (Lipinski definition) is 0. The van der Waals surface area contributed by atoms with Gasteiger partial charge >= 0.3 is 5.97 Å². The summed E-state index contributed by atoms with van der Waals surface area (Å²) >= 11 is 6.08. The third kappa shape index (κ3) is 3.53. The van der Waals surface area contributed by atoms with Crippen LogP contribution in [0.4, 0.5) is 5.69 Å². The number of benzene rings is 2. The molecule has 0 fully saturated rings. The van der Waals surface area contributed by atoms with Gasteiger partial charge in [-0.1, -0.05) is 29.8 Å². The van der Waals surface area contributed by atoms with E-state index >= 15 is 0 Å². The van der Waals surface area contributed by atoms with Crippen molar-refractivity contribution in [2.75, 3.05) is 12.0 Å². The first-order valence-corrected chi connectivity index (χ1v) is 8.90. The average Bonchev–Trinajstić information content (AvgIpc) is 2.87. The van der Waals surface area contributed by atoms with Crippen LogP contribution in [0.25, 0.3) is 6.08 Å². The number of hydrogen-bond acceptors (Lipinski definition) is 4. The number of Topliss-reactive ketones (excluding diaryl/α,β-unsaturated/α-hetero) is 1. The molecule has 4 nitrogen and oxygen atoms in total. The van der Waals surface area contributed by atoms with E-state index in [1.807, 2.05) is 44.2 Å². The molecule has 0 spiro atoms. The molecule has 138 valence electrons. The third-order valence-corrected chi connectivity index (χ3v) is 4.92. The third-order valence-electron chi connectivity index (χ3n) is 4.69. The van der Waals surface area contributed by atoms with Gasteiger partial charge in [-0.05, 0) is 67.8 Å². The molecule has 3 rings (SSSR count). The normalized spacial score (nSPS) is 15.7. The molecular weight excluding hydrogens is 362 g/mol. The smallest absolute Gasteiger partial charge is 0.343 e. The van der Waals surface area contributed by atoms with Gasteiger partial charge < -0.3 is 9.64 Å². The molecule has 0 N–H and O–H groups in total. The van der Waals surface area contributed by atoms with Crippen LogP contribution in [0.15, 0.2) is 59.4 Å². The second-order valence-electron chi connectivity index (χ2n) is 6.47. The molecule has 0 unspecified atom stereocenters. The Morgan fingerprint density at radius 1 is 1.07 bits per heavy atom. The topological polar surface area (TPSA) is 46.6 Å². The van der Waals surface area contributed by atoms with Crippen molar-refractivity contribution in [3.8, 4) is 0 Å². The van der Waals surface area contributed by atoms with E-state index < -0.39 is 5.97 Å². The summed E-state index contributed by atoms with van der Waals surface area (Å²) in [4.78, 5) is 27.0. The molecule has 2 aromatic rings. The summed E-state index contributed by atoms with van der Waals surface area (Å²) in [6, 6.07) is 13.1. The summed E-state index contributed by atoms with van der Waals surface area (Å²) in [7, 11) is 1.27. The summed E-state index contributed by atoms with van der Waals surface area (Å²) in [5.41, 5.74) is 4.82. The van der Waals surface area contributed by atoms with Gasteiger partial charge in [0.15, 0.2) is 0 Å². The van der Waals surface area contributed by atoms with Crippen molar-refractivity contribution >= 4 is 35.1 Å². The van der Waals surface area contributed by atoms with Crippen LogP contribution in [0.5, 0.6) is 0 Å². The van der Waals surface area contributed by atoms with Crippen LogP contribution in [0.2, 0.25) is 5.02 Å². The highest BCUT2D eigenvalue weighted by molar-refractivity contribution is 6.31. The van der Waals surface area contributed by atoms with E-state index in [0.29, 0.717) is 16.4 Å². The molecule has 1 aliphatic heterocycles. The van der Waals surface area contributed by atoms with E-state index in [-0.39, 0.29) is 11.4 Å². The molecule has 0 atom stereocenters. The Morgan fingerprint density at radius 2 is 1.81 bits per heavy atom. The van der Waals surface area contributed by atoms with Gasteiger partial charge in [0, 0.05) is 16.4 Å². The van der Waals surface area contributed by atoms with E-state index in [0.717, 1.165) is 22.4 Å². The van der Waals surface area contributed by atoms with E-state index in [1.165, 1.54) is 7.11 Å². The number of carbonyl (C=O) groups is 2. The number of anilines is 1. The lowest BCUT2D eigenvalue weighted by atomic mass is 10.1. The number of esters is 1. The standard InChI is InChI=1S/C22H20ClNO3/c1-13-8-9-18(10-14(13)2)24-15(3)20(22(26)27-4)21(25)19(24)12-16-6-5-7-17(23)11-16/h5-12H,1-4H3. The van der Waals surface area contributed by atoms with Crippen molar-refractivity contribution in [1.82, 2.24) is 0 Å². The highest BCUT2D eigenvalue weighted by atomic mass is 35.5. The van der Waals surface area contributed by atoms with Gasteiger partial charge in [-0.3, -0.25) is 4.79 Å². The highest BCUT2D eigenvalue weighted by Crippen LogP contribution is 2.36. The van der Waals surface area contributed by atoms with Crippen molar-refractivity contribution in [2.45, 2.75) is 20.8 Å². The van der Waals surface area contributed by atoms with Crippen LogP contribution >= 0.6 is 11.6 Å². The number of halogens is 1. The first-order valence-electron chi connectivity index (χ1n) is 8.52. The van der Waals surface area contributed by atoms with E-state index in [4.69, 9.17) is 16.3 Å². The van der Waals surface area contributed by atoms with Crippen molar-refractivity contribution in [3.05, 3.63) is 81.1 Å².